The molecule has 0 aliphatic heterocycles. The number of carbonyl (C=O) groups excluding carboxylic acids is 1. The number of nitrogens with one attached hydrogen (secondary N) is 1. The molecular formula is C28H29FN4O. The summed E-state index contributed by atoms with van der Waals surface area (Å²) in [6.45, 7) is 4.95. The molecule has 174 valence electrons. The fourth-order valence-electron chi connectivity index (χ4n) is 4.18. The van der Waals surface area contributed by atoms with E-state index in [-0.39, 0.29) is 11.7 Å². The van der Waals surface area contributed by atoms with Gasteiger partial charge in [-0.05, 0) is 74.5 Å². The first-order valence-electron chi connectivity index (χ1n) is 11.3. The van der Waals surface area contributed by atoms with Crippen molar-refractivity contribution in [2.45, 2.75) is 26.9 Å². The molecule has 0 aliphatic rings. The zero-order valence-corrected chi connectivity index (χ0v) is 20.0. The Morgan fingerprint density at radius 1 is 0.971 bits per heavy atom. The summed E-state index contributed by atoms with van der Waals surface area (Å²) in [5, 5.41) is 7.57. The third-order valence-corrected chi connectivity index (χ3v) is 5.81. The van der Waals surface area contributed by atoms with Gasteiger partial charge in [0.05, 0.1) is 22.6 Å². The highest BCUT2D eigenvalue weighted by Crippen LogP contribution is 2.25. The maximum Gasteiger partial charge on any atom is 0.255 e. The number of nitrogens with zero attached hydrogens (tertiary/aromatic N) is 3. The second kappa shape index (κ2) is 10.0. The molecule has 6 heteroatoms. The second-order valence-electron chi connectivity index (χ2n) is 8.71. The van der Waals surface area contributed by atoms with Gasteiger partial charge in [0, 0.05) is 13.1 Å². The van der Waals surface area contributed by atoms with Crippen LogP contribution in [0.15, 0.2) is 72.8 Å². The summed E-state index contributed by atoms with van der Waals surface area (Å²) >= 11 is 0. The number of rotatable bonds is 7. The molecule has 0 saturated heterocycles. The van der Waals surface area contributed by atoms with Crippen LogP contribution in [-0.2, 0) is 13.1 Å². The minimum Gasteiger partial charge on any atom is -0.348 e. The fraction of sp³-hybridized carbons (Fsp3) is 0.214. The third kappa shape index (κ3) is 5.07. The Kier molecular flexibility index (Phi) is 6.89. The number of aromatic nitrogens is 2. The number of benzene rings is 3. The first-order valence-corrected chi connectivity index (χ1v) is 11.3. The van der Waals surface area contributed by atoms with E-state index in [4.69, 9.17) is 0 Å². The van der Waals surface area contributed by atoms with E-state index in [0.717, 1.165) is 23.2 Å². The fourth-order valence-corrected chi connectivity index (χ4v) is 4.18. The zero-order valence-electron chi connectivity index (χ0n) is 20.0. The minimum atomic E-state index is -0.311. The van der Waals surface area contributed by atoms with Crippen LogP contribution in [0.3, 0.4) is 0 Å². The zero-order chi connectivity index (χ0) is 24.2. The molecule has 0 fully saturated rings. The molecule has 5 nitrogen and oxygen atoms in total. The van der Waals surface area contributed by atoms with Crippen LogP contribution < -0.4 is 5.32 Å². The smallest absolute Gasteiger partial charge is 0.255 e. The molecule has 0 spiro atoms. The van der Waals surface area contributed by atoms with Gasteiger partial charge < -0.3 is 10.2 Å². The van der Waals surface area contributed by atoms with Gasteiger partial charge in [-0.15, -0.1) is 0 Å². The lowest BCUT2D eigenvalue weighted by molar-refractivity contribution is 0.0949. The Morgan fingerprint density at radius 2 is 1.65 bits per heavy atom. The van der Waals surface area contributed by atoms with E-state index in [1.807, 2.05) is 32.0 Å². The average molecular weight is 457 g/mol. The van der Waals surface area contributed by atoms with Gasteiger partial charge in [-0.25, -0.2) is 9.07 Å². The SMILES string of the molecule is Cc1nn(-c2ccc(F)cc2)c(C)c1C(=O)NCc1ccccc1-c1ccc(CN(C)C)cc1. The third-order valence-electron chi connectivity index (χ3n) is 5.81. The van der Waals surface area contributed by atoms with Crippen molar-refractivity contribution in [2.75, 3.05) is 14.1 Å². The van der Waals surface area contributed by atoms with E-state index in [9.17, 15) is 9.18 Å². The number of halogens is 1. The minimum absolute atomic E-state index is 0.181. The molecule has 0 bridgehead atoms. The Hall–Kier alpha value is -3.77. The van der Waals surface area contributed by atoms with E-state index in [2.05, 4.69) is 59.7 Å². The second-order valence-corrected chi connectivity index (χ2v) is 8.71. The summed E-state index contributed by atoms with van der Waals surface area (Å²) in [5.74, 6) is -0.492. The van der Waals surface area contributed by atoms with Gasteiger partial charge in [-0.1, -0.05) is 48.5 Å². The molecular weight excluding hydrogens is 427 g/mol. The van der Waals surface area contributed by atoms with Crippen LogP contribution >= 0.6 is 0 Å². The van der Waals surface area contributed by atoms with Crippen molar-refractivity contribution in [1.82, 2.24) is 20.0 Å². The van der Waals surface area contributed by atoms with Crippen LogP contribution in [0.25, 0.3) is 16.8 Å². The molecule has 1 heterocycles. The van der Waals surface area contributed by atoms with Gasteiger partial charge in [-0.3, -0.25) is 4.79 Å². The maximum atomic E-state index is 13.3. The predicted molar refractivity (Wildman–Crippen MR) is 133 cm³/mol. The molecule has 1 amide bonds. The quantitative estimate of drug-likeness (QED) is 0.411. The number of hydrogen-bond donors (Lipinski definition) is 1. The van der Waals surface area contributed by atoms with E-state index in [0.29, 0.717) is 29.2 Å². The summed E-state index contributed by atoms with van der Waals surface area (Å²) in [4.78, 5) is 15.3. The number of aryl methyl sites for hydroxylation is 1. The standard InChI is InChI=1S/C28H29FN4O/c1-19-27(20(2)33(31-19)25-15-13-24(29)14-16-25)28(34)30-17-23-7-5-6-8-26(23)22-11-9-21(10-12-22)18-32(3)4/h5-16H,17-18H2,1-4H3,(H,30,34). The molecule has 4 aromatic rings. The topological polar surface area (TPSA) is 50.2 Å². The van der Waals surface area contributed by atoms with Gasteiger partial charge in [-0.2, -0.15) is 5.10 Å². The van der Waals surface area contributed by atoms with Gasteiger partial charge in [0.1, 0.15) is 5.82 Å². The molecule has 0 aliphatic carbocycles. The number of carbonyl (C=O) groups is 1. The summed E-state index contributed by atoms with van der Waals surface area (Å²) in [7, 11) is 4.11. The lowest BCUT2D eigenvalue weighted by atomic mass is 9.98. The van der Waals surface area contributed by atoms with Crippen molar-refractivity contribution in [3.63, 3.8) is 0 Å². The lowest BCUT2D eigenvalue weighted by Gasteiger charge is -2.13. The molecule has 1 aromatic heterocycles. The van der Waals surface area contributed by atoms with Crippen LogP contribution in [0.1, 0.15) is 32.9 Å². The molecule has 3 aromatic carbocycles. The Morgan fingerprint density at radius 3 is 2.32 bits per heavy atom. The van der Waals surface area contributed by atoms with Crippen molar-refractivity contribution in [2.24, 2.45) is 0 Å². The van der Waals surface area contributed by atoms with Crippen molar-refractivity contribution in [3.8, 4) is 16.8 Å². The summed E-state index contributed by atoms with van der Waals surface area (Å²) in [6, 6.07) is 22.7. The predicted octanol–water partition coefficient (Wildman–Crippen LogP) is 5.29. The molecule has 1 N–H and O–H groups in total. The highest BCUT2D eigenvalue weighted by atomic mass is 19.1. The highest BCUT2D eigenvalue weighted by molar-refractivity contribution is 5.96. The normalized spacial score (nSPS) is 11.1. The Bertz CT molecular complexity index is 1290. The lowest BCUT2D eigenvalue weighted by Crippen LogP contribution is -2.24. The van der Waals surface area contributed by atoms with Crippen LogP contribution in [0.4, 0.5) is 4.39 Å². The first kappa shape index (κ1) is 23.4. The van der Waals surface area contributed by atoms with E-state index in [1.54, 1.807) is 16.8 Å². The van der Waals surface area contributed by atoms with Gasteiger partial charge in [0.25, 0.3) is 5.91 Å². The monoisotopic (exact) mass is 456 g/mol. The Balaban J connectivity index is 1.53. The Labute approximate surface area is 199 Å². The van der Waals surface area contributed by atoms with Crippen LogP contribution in [-0.4, -0.2) is 34.7 Å². The molecule has 0 atom stereocenters. The molecule has 34 heavy (non-hydrogen) atoms. The van der Waals surface area contributed by atoms with Crippen molar-refractivity contribution in [3.05, 3.63) is 107 Å². The van der Waals surface area contributed by atoms with E-state index in [1.165, 1.54) is 17.7 Å². The largest absolute Gasteiger partial charge is 0.348 e. The summed E-state index contributed by atoms with van der Waals surface area (Å²) in [6.07, 6.45) is 0. The summed E-state index contributed by atoms with van der Waals surface area (Å²) < 4.78 is 15.0. The van der Waals surface area contributed by atoms with Crippen molar-refractivity contribution in [1.29, 1.82) is 0 Å². The van der Waals surface area contributed by atoms with E-state index < -0.39 is 0 Å². The van der Waals surface area contributed by atoms with Gasteiger partial charge >= 0.3 is 0 Å². The molecule has 0 saturated carbocycles. The molecule has 0 unspecified atom stereocenters. The molecule has 4 rings (SSSR count). The van der Waals surface area contributed by atoms with Crippen molar-refractivity contribution >= 4 is 5.91 Å². The maximum absolute atomic E-state index is 13.3. The van der Waals surface area contributed by atoms with E-state index >= 15 is 0 Å². The average Bonchev–Trinajstić information content (AvgIpc) is 3.12. The number of amides is 1. The van der Waals surface area contributed by atoms with Crippen LogP contribution in [0, 0.1) is 19.7 Å². The van der Waals surface area contributed by atoms with Crippen LogP contribution in [0.2, 0.25) is 0 Å². The van der Waals surface area contributed by atoms with Gasteiger partial charge in [0.2, 0.25) is 0 Å². The molecule has 0 radical (unpaired) electrons. The highest BCUT2D eigenvalue weighted by Gasteiger charge is 2.19. The van der Waals surface area contributed by atoms with Crippen molar-refractivity contribution < 1.29 is 9.18 Å². The first-order chi connectivity index (χ1) is 16.3. The number of hydrogen-bond acceptors (Lipinski definition) is 3. The van der Waals surface area contributed by atoms with Gasteiger partial charge in [0.15, 0.2) is 0 Å². The van der Waals surface area contributed by atoms with Crippen LogP contribution in [0.5, 0.6) is 0 Å². The summed E-state index contributed by atoms with van der Waals surface area (Å²) in [5.41, 5.74) is 7.09.